The van der Waals surface area contributed by atoms with Crippen molar-refractivity contribution < 1.29 is 18.3 Å². The fraction of sp³-hybridized carbons (Fsp3) is 0.292. The summed E-state index contributed by atoms with van der Waals surface area (Å²) in [6.45, 7) is 2.46. The van der Waals surface area contributed by atoms with Crippen molar-refractivity contribution in [1.82, 2.24) is 4.90 Å². The fourth-order valence-corrected chi connectivity index (χ4v) is 4.01. The summed E-state index contributed by atoms with van der Waals surface area (Å²) in [5.41, 5.74) is 1.19. The molecule has 0 radical (unpaired) electrons. The van der Waals surface area contributed by atoms with Crippen LogP contribution >= 0.6 is 0 Å². The number of piperidine rings is 1. The SMILES string of the molecule is COc1ccccc1C(=O)N(c1ccc(F)cc1)C1CCN(Cc2ccco2)CC1. The van der Waals surface area contributed by atoms with Gasteiger partial charge in [0.15, 0.2) is 0 Å². The molecule has 1 saturated heterocycles. The van der Waals surface area contributed by atoms with E-state index in [1.165, 1.54) is 12.1 Å². The van der Waals surface area contributed by atoms with E-state index < -0.39 is 0 Å². The number of hydrogen-bond donors (Lipinski definition) is 0. The quantitative estimate of drug-likeness (QED) is 0.591. The van der Waals surface area contributed by atoms with Crippen molar-refractivity contribution in [2.75, 3.05) is 25.1 Å². The standard InChI is InChI=1S/C24H25FN2O3/c1-29-23-7-3-2-6-22(23)24(28)27(19-10-8-18(25)9-11-19)20-12-14-26(15-13-20)17-21-5-4-16-30-21/h2-11,16,20H,12-15,17H2,1H3. The summed E-state index contributed by atoms with van der Waals surface area (Å²) >= 11 is 0. The number of amides is 1. The molecule has 1 aromatic heterocycles. The third kappa shape index (κ3) is 4.39. The number of nitrogens with zero attached hydrogens (tertiary/aromatic N) is 2. The van der Waals surface area contributed by atoms with E-state index in [0.717, 1.165) is 38.2 Å². The first-order chi connectivity index (χ1) is 14.7. The molecular weight excluding hydrogens is 383 g/mol. The van der Waals surface area contributed by atoms with Crippen LogP contribution in [0.4, 0.5) is 10.1 Å². The van der Waals surface area contributed by atoms with Crippen LogP contribution in [0, 0.1) is 5.82 Å². The second-order valence-electron chi connectivity index (χ2n) is 7.44. The lowest BCUT2D eigenvalue weighted by Crippen LogP contribution is -2.47. The van der Waals surface area contributed by atoms with Crippen molar-refractivity contribution in [2.45, 2.75) is 25.4 Å². The van der Waals surface area contributed by atoms with Gasteiger partial charge in [-0.3, -0.25) is 9.69 Å². The maximum absolute atomic E-state index is 13.6. The van der Waals surface area contributed by atoms with Crippen molar-refractivity contribution in [1.29, 1.82) is 0 Å². The first-order valence-corrected chi connectivity index (χ1v) is 10.1. The molecule has 0 saturated carbocycles. The van der Waals surface area contributed by atoms with Gasteiger partial charge in [0.25, 0.3) is 5.91 Å². The van der Waals surface area contributed by atoms with Crippen LogP contribution in [0.1, 0.15) is 29.0 Å². The highest BCUT2D eigenvalue weighted by Crippen LogP contribution is 2.29. The number of methoxy groups -OCH3 is 1. The van der Waals surface area contributed by atoms with E-state index >= 15 is 0 Å². The van der Waals surface area contributed by atoms with Gasteiger partial charge in [0.1, 0.15) is 17.3 Å². The number of furan rings is 1. The number of rotatable bonds is 6. The Morgan fingerprint density at radius 2 is 1.83 bits per heavy atom. The minimum absolute atomic E-state index is 0.0146. The van der Waals surface area contributed by atoms with E-state index in [4.69, 9.17) is 9.15 Å². The van der Waals surface area contributed by atoms with E-state index in [-0.39, 0.29) is 17.8 Å². The van der Waals surface area contributed by atoms with Gasteiger partial charge in [-0.25, -0.2) is 4.39 Å². The van der Waals surface area contributed by atoms with Gasteiger partial charge in [-0.2, -0.15) is 0 Å². The van der Waals surface area contributed by atoms with E-state index in [9.17, 15) is 9.18 Å². The average molecular weight is 408 g/mol. The minimum Gasteiger partial charge on any atom is -0.496 e. The van der Waals surface area contributed by atoms with Crippen LogP contribution in [0.15, 0.2) is 71.3 Å². The van der Waals surface area contributed by atoms with Crippen LogP contribution in [-0.4, -0.2) is 37.0 Å². The normalized spacial score (nSPS) is 15.1. The number of ether oxygens (including phenoxy) is 1. The number of likely N-dealkylation sites (tertiary alicyclic amines) is 1. The van der Waals surface area contributed by atoms with Crippen molar-refractivity contribution in [2.24, 2.45) is 0 Å². The average Bonchev–Trinajstić information content (AvgIpc) is 3.29. The van der Waals surface area contributed by atoms with Crippen molar-refractivity contribution in [3.8, 4) is 5.75 Å². The lowest BCUT2D eigenvalue weighted by molar-refractivity contribution is 0.0954. The lowest BCUT2D eigenvalue weighted by Gasteiger charge is -2.38. The summed E-state index contributed by atoms with van der Waals surface area (Å²) < 4.78 is 24.4. The monoisotopic (exact) mass is 408 g/mol. The molecule has 5 nitrogen and oxygen atoms in total. The van der Waals surface area contributed by atoms with Gasteiger partial charge in [-0.1, -0.05) is 12.1 Å². The van der Waals surface area contributed by atoms with Gasteiger partial charge >= 0.3 is 0 Å². The van der Waals surface area contributed by atoms with Crippen LogP contribution in [0.3, 0.4) is 0 Å². The van der Waals surface area contributed by atoms with Crippen molar-refractivity contribution in [3.05, 3.63) is 84.1 Å². The Morgan fingerprint density at radius 1 is 1.10 bits per heavy atom. The highest BCUT2D eigenvalue weighted by Gasteiger charge is 2.31. The first kappa shape index (κ1) is 20.2. The third-order valence-corrected chi connectivity index (χ3v) is 5.54. The highest BCUT2D eigenvalue weighted by atomic mass is 19.1. The van der Waals surface area contributed by atoms with Crippen LogP contribution in [0.25, 0.3) is 0 Å². The number of carbonyl (C=O) groups is 1. The van der Waals surface area contributed by atoms with Crippen LogP contribution in [0.5, 0.6) is 5.75 Å². The van der Waals surface area contributed by atoms with Gasteiger partial charge < -0.3 is 14.1 Å². The third-order valence-electron chi connectivity index (χ3n) is 5.54. The summed E-state index contributed by atoms with van der Waals surface area (Å²) in [7, 11) is 1.56. The summed E-state index contributed by atoms with van der Waals surface area (Å²) in [6, 6.07) is 17.2. The Morgan fingerprint density at radius 3 is 2.50 bits per heavy atom. The Bertz CT molecular complexity index is 964. The van der Waals surface area contributed by atoms with Crippen LogP contribution < -0.4 is 9.64 Å². The molecule has 0 N–H and O–H groups in total. The maximum Gasteiger partial charge on any atom is 0.262 e. The molecule has 1 aliphatic rings. The molecular formula is C24H25FN2O3. The predicted molar refractivity (Wildman–Crippen MR) is 113 cm³/mol. The molecule has 30 heavy (non-hydrogen) atoms. The van der Waals surface area contributed by atoms with Crippen molar-refractivity contribution >= 4 is 11.6 Å². The molecule has 1 aliphatic heterocycles. The number of carbonyl (C=O) groups excluding carboxylic acids is 1. The highest BCUT2D eigenvalue weighted by molar-refractivity contribution is 6.08. The molecule has 1 amide bonds. The largest absolute Gasteiger partial charge is 0.496 e. The van der Waals surface area contributed by atoms with Gasteiger partial charge in [-0.15, -0.1) is 0 Å². The Hall–Kier alpha value is -3.12. The number of halogens is 1. The van der Waals surface area contributed by atoms with Gasteiger partial charge in [0.2, 0.25) is 0 Å². The van der Waals surface area contributed by atoms with Gasteiger partial charge in [0, 0.05) is 24.8 Å². The second-order valence-corrected chi connectivity index (χ2v) is 7.44. The summed E-state index contributed by atoms with van der Waals surface area (Å²) in [6.07, 6.45) is 3.32. The zero-order valence-electron chi connectivity index (χ0n) is 17.0. The molecule has 3 aromatic rings. The van der Waals surface area contributed by atoms with Crippen LogP contribution in [-0.2, 0) is 6.54 Å². The predicted octanol–water partition coefficient (Wildman–Crippen LogP) is 4.74. The molecule has 0 spiro atoms. The van der Waals surface area contributed by atoms with Crippen molar-refractivity contribution in [3.63, 3.8) is 0 Å². The zero-order chi connectivity index (χ0) is 20.9. The smallest absolute Gasteiger partial charge is 0.262 e. The van der Waals surface area contributed by atoms with Gasteiger partial charge in [0.05, 0.1) is 25.5 Å². The van der Waals surface area contributed by atoms with E-state index in [2.05, 4.69) is 4.90 Å². The van der Waals surface area contributed by atoms with Gasteiger partial charge in [-0.05, 0) is 61.4 Å². The van der Waals surface area contributed by atoms with E-state index in [0.29, 0.717) is 17.0 Å². The summed E-state index contributed by atoms with van der Waals surface area (Å²) in [5, 5.41) is 0. The molecule has 0 bridgehead atoms. The first-order valence-electron chi connectivity index (χ1n) is 10.1. The minimum atomic E-state index is -0.322. The number of hydrogen-bond acceptors (Lipinski definition) is 4. The topological polar surface area (TPSA) is 45.9 Å². The summed E-state index contributed by atoms with van der Waals surface area (Å²) in [5.74, 6) is 1.01. The molecule has 2 heterocycles. The second kappa shape index (κ2) is 9.13. The molecule has 0 unspecified atom stereocenters. The molecule has 0 atom stereocenters. The van der Waals surface area contributed by atoms with Crippen LogP contribution in [0.2, 0.25) is 0 Å². The van der Waals surface area contributed by atoms with E-state index in [1.807, 2.05) is 24.3 Å². The Kier molecular flexibility index (Phi) is 6.14. The molecule has 6 heteroatoms. The molecule has 4 rings (SSSR count). The number of para-hydroxylation sites is 1. The van der Waals surface area contributed by atoms with E-state index in [1.54, 1.807) is 42.5 Å². The maximum atomic E-state index is 13.6. The fourth-order valence-electron chi connectivity index (χ4n) is 4.01. The lowest BCUT2D eigenvalue weighted by atomic mass is 10.00. The molecule has 2 aromatic carbocycles. The molecule has 1 fully saturated rings. The molecule has 0 aliphatic carbocycles. The zero-order valence-corrected chi connectivity index (χ0v) is 17.0. The number of benzene rings is 2. The Labute approximate surface area is 175 Å². The Balaban J connectivity index is 1.57. The number of anilines is 1. The molecule has 156 valence electrons. The summed E-state index contributed by atoms with van der Waals surface area (Å²) in [4.78, 5) is 17.7.